The van der Waals surface area contributed by atoms with Crippen molar-refractivity contribution in [1.82, 2.24) is 5.32 Å². The fourth-order valence-corrected chi connectivity index (χ4v) is 1.91. The predicted molar refractivity (Wildman–Crippen MR) is 76.6 cm³/mol. The van der Waals surface area contributed by atoms with Crippen LogP contribution in [0, 0.1) is 0 Å². The third kappa shape index (κ3) is 3.68. The number of hydrogen-bond donors (Lipinski definition) is 3. The first kappa shape index (κ1) is 14.3. The molecule has 0 unspecified atom stereocenters. The number of carboxylic acid groups (broad SMARTS) is 1. The molecule has 1 fully saturated rings. The van der Waals surface area contributed by atoms with Crippen molar-refractivity contribution in [2.45, 2.75) is 19.8 Å². The highest BCUT2D eigenvalue weighted by Gasteiger charge is 2.15. The van der Waals surface area contributed by atoms with Gasteiger partial charge in [-0.25, -0.2) is 0 Å². The number of anilines is 1. The van der Waals surface area contributed by atoms with Crippen molar-refractivity contribution in [2.75, 3.05) is 18.4 Å². The van der Waals surface area contributed by atoms with Gasteiger partial charge < -0.3 is 15.7 Å². The molecule has 1 aromatic carbocycles. The maximum absolute atomic E-state index is 12.0. The average Bonchev–Trinajstić information content (AvgIpc) is 2.35. The number of rotatable bonds is 5. The molecule has 0 bridgehead atoms. The van der Waals surface area contributed by atoms with Crippen LogP contribution >= 0.6 is 0 Å². The van der Waals surface area contributed by atoms with Gasteiger partial charge in [0.15, 0.2) is 0 Å². The van der Waals surface area contributed by atoms with E-state index < -0.39 is 5.97 Å². The van der Waals surface area contributed by atoms with Gasteiger partial charge in [-0.15, -0.1) is 0 Å². The molecule has 1 saturated heterocycles. The van der Waals surface area contributed by atoms with Gasteiger partial charge in [-0.3, -0.25) is 9.59 Å². The van der Waals surface area contributed by atoms with Crippen molar-refractivity contribution in [1.29, 1.82) is 0 Å². The summed E-state index contributed by atoms with van der Waals surface area (Å²) in [5, 5.41) is 14.6. The summed E-state index contributed by atoms with van der Waals surface area (Å²) in [6.07, 6.45) is 0.613. The predicted octanol–water partition coefficient (Wildman–Crippen LogP) is 1.56. The Hall–Kier alpha value is -2.14. The molecule has 0 spiro atoms. The Morgan fingerprint density at radius 2 is 1.90 bits per heavy atom. The normalized spacial score (nSPS) is 13.6. The minimum absolute atomic E-state index is 0.0835. The zero-order valence-electron chi connectivity index (χ0n) is 11.4. The molecule has 1 aliphatic rings. The highest BCUT2D eigenvalue weighted by molar-refractivity contribution is 6.04. The van der Waals surface area contributed by atoms with Gasteiger partial charge in [-0.1, -0.05) is 12.1 Å². The van der Waals surface area contributed by atoms with E-state index in [2.05, 4.69) is 10.6 Å². The van der Waals surface area contributed by atoms with E-state index in [4.69, 9.17) is 5.11 Å². The molecule has 0 radical (unpaired) electrons. The molecule has 1 aromatic rings. The molecule has 1 aliphatic heterocycles. The molecule has 3 N–H and O–H groups in total. The molecular formula is C15H18N2O3. The number of benzene rings is 1. The number of carboxylic acids is 1. The zero-order chi connectivity index (χ0) is 14.5. The minimum atomic E-state index is -0.807. The Morgan fingerprint density at radius 3 is 2.40 bits per heavy atom. The molecule has 106 valence electrons. The van der Waals surface area contributed by atoms with Gasteiger partial charge in [0, 0.05) is 30.8 Å². The van der Waals surface area contributed by atoms with E-state index >= 15 is 0 Å². The summed E-state index contributed by atoms with van der Waals surface area (Å²) in [5.74, 6) is -0.890. The molecule has 0 atom stereocenters. The fraction of sp³-hybridized carbons (Fsp3) is 0.333. The monoisotopic (exact) mass is 274 g/mol. The minimum Gasteiger partial charge on any atom is -0.481 e. The Bertz CT molecular complexity index is 541. The Morgan fingerprint density at radius 1 is 1.25 bits per heavy atom. The number of amides is 1. The summed E-state index contributed by atoms with van der Waals surface area (Å²) in [6, 6.07) is 7.27. The van der Waals surface area contributed by atoms with Crippen LogP contribution in [-0.2, 0) is 16.0 Å². The summed E-state index contributed by atoms with van der Waals surface area (Å²) >= 11 is 0. The quantitative estimate of drug-likeness (QED) is 0.712. The molecule has 1 heterocycles. The van der Waals surface area contributed by atoms with Crippen molar-refractivity contribution in [3.8, 4) is 0 Å². The van der Waals surface area contributed by atoms with Gasteiger partial charge in [0.05, 0.1) is 0 Å². The first-order chi connectivity index (χ1) is 9.56. The van der Waals surface area contributed by atoms with E-state index in [1.54, 1.807) is 12.1 Å². The van der Waals surface area contributed by atoms with Gasteiger partial charge >= 0.3 is 5.97 Å². The lowest BCUT2D eigenvalue weighted by Crippen LogP contribution is -2.36. The molecule has 20 heavy (non-hydrogen) atoms. The van der Waals surface area contributed by atoms with E-state index in [1.165, 1.54) is 0 Å². The maximum Gasteiger partial charge on any atom is 0.303 e. The second kappa shape index (κ2) is 6.34. The second-order valence-electron chi connectivity index (χ2n) is 4.88. The first-order valence-corrected chi connectivity index (χ1v) is 6.57. The van der Waals surface area contributed by atoms with Crippen LogP contribution in [0.2, 0.25) is 0 Å². The number of aryl methyl sites for hydroxylation is 1. The van der Waals surface area contributed by atoms with Crippen LogP contribution in [-0.4, -0.2) is 30.1 Å². The van der Waals surface area contributed by atoms with Gasteiger partial charge in [0.25, 0.3) is 5.91 Å². The number of nitrogens with one attached hydrogen (secondary N) is 2. The van der Waals surface area contributed by atoms with Crippen LogP contribution in [0.5, 0.6) is 0 Å². The molecule has 1 amide bonds. The van der Waals surface area contributed by atoms with E-state index in [0.717, 1.165) is 35.5 Å². The van der Waals surface area contributed by atoms with E-state index in [9.17, 15) is 9.59 Å². The van der Waals surface area contributed by atoms with Gasteiger partial charge in [0.2, 0.25) is 0 Å². The van der Waals surface area contributed by atoms with Crippen LogP contribution in [0.1, 0.15) is 18.9 Å². The molecular weight excluding hydrogens is 256 g/mol. The topological polar surface area (TPSA) is 78.4 Å². The molecule has 2 rings (SSSR count). The number of carbonyl (C=O) groups excluding carboxylic acids is 1. The smallest absolute Gasteiger partial charge is 0.303 e. The van der Waals surface area contributed by atoms with Crippen molar-refractivity contribution >= 4 is 17.6 Å². The van der Waals surface area contributed by atoms with E-state index in [0.29, 0.717) is 6.42 Å². The third-order valence-electron chi connectivity index (χ3n) is 3.39. The summed E-state index contributed by atoms with van der Waals surface area (Å²) < 4.78 is 0. The SMILES string of the molecule is CC(C(=O)Nc1ccc(CCC(=O)O)cc1)=C1CNC1. The molecule has 5 heteroatoms. The summed E-state index contributed by atoms with van der Waals surface area (Å²) in [6.45, 7) is 3.40. The van der Waals surface area contributed by atoms with Gasteiger partial charge in [-0.05, 0) is 36.6 Å². The van der Waals surface area contributed by atoms with E-state index in [-0.39, 0.29) is 12.3 Å². The van der Waals surface area contributed by atoms with Crippen LogP contribution in [0.25, 0.3) is 0 Å². The number of hydrogen-bond acceptors (Lipinski definition) is 3. The highest BCUT2D eigenvalue weighted by atomic mass is 16.4. The second-order valence-corrected chi connectivity index (χ2v) is 4.88. The van der Waals surface area contributed by atoms with Gasteiger partial charge in [0.1, 0.15) is 0 Å². The lowest BCUT2D eigenvalue weighted by Gasteiger charge is -2.21. The maximum atomic E-state index is 12.0. The standard InChI is InChI=1S/C15H18N2O3/c1-10(12-8-16-9-12)15(20)17-13-5-2-11(3-6-13)4-7-14(18)19/h2-3,5-6,16H,4,7-9H2,1H3,(H,17,20)(H,18,19). The van der Waals surface area contributed by atoms with Gasteiger partial charge in [-0.2, -0.15) is 0 Å². The fourth-order valence-electron chi connectivity index (χ4n) is 1.91. The number of carbonyl (C=O) groups is 2. The molecule has 5 nitrogen and oxygen atoms in total. The summed E-state index contributed by atoms with van der Waals surface area (Å²) in [7, 11) is 0. The zero-order valence-corrected chi connectivity index (χ0v) is 11.4. The molecule has 0 aromatic heterocycles. The Labute approximate surface area is 117 Å². The first-order valence-electron chi connectivity index (χ1n) is 6.57. The lowest BCUT2D eigenvalue weighted by atomic mass is 10.0. The largest absolute Gasteiger partial charge is 0.481 e. The van der Waals surface area contributed by atoms with E-state index in [1.807, 2.05) is 19.1 Å². The summed E-state index contributed by atoms with van der Waals surface area (Å²) in [4.78, 5) is 22.5. The van der Waals surface area contributed by atoms with Crippen LogP contribution < -0.4 is 10.6 Å². The Balaban J connectivity index is 1.93. The molecule has 0 saturated carbocycles. The Kier molecular flexibility index (Phi) is 4.53. The van der Waals surface area contributed by atoms with Crippen molar-refractivity contribution in [3.05, 3.63) is 41.0 Å². The van der Waals surface area contributed by atoms with Crippen LogP contribution in [0.3, 0.4) is 0 Å². The van der Waals surface area contributed by atoms with Crippen molar-refractivity contribution < 1.29 is 14.7 Å². The average molecular weight is 274 g/mol. The molecule has 0 aliphatic carbocycles. The highest BCUT2D eigenvalue weighted by Crippen LogP contribution is 2.14. The lowest BCUT2D eigenvalue weighted by molar-refractivity contribution is -0.137. The third-order valence-corrected chi connectivity index (χ3v) is 3.39. The summed E-state index contributed by atoms with van der Waals surface area (Å²) in [5.41, 5.74) is 3.57. The number of aliphatic carboxylic acids is 1. The van der Waals surface area contributed by atoms with Crippen molar-refractivity contribution in [2.24, 2.45) is 0 Å². The van der Waals surface area contributed by atoms with Crippen LogP contribution in [0.4, 0.5) is 5.69 Å². The van der Waals surface area contributed by atoms with Crippen LogP contribution in [0.15, 0.2) is 35.4 Å². The van der Waals surface area contributed by atoms with Crippen molar-refractivity contribution in [3.63, 3.8) is 0 Å².